The standard InChI is InChI=1S/C17H13ClF3NO4/c1-9(17(24)22-14-7-11(20)2-4-13(14)21)26-16(23)8-25-15-5-3-10(19)6-12(15)18/h2-7,9H,8H2,1H3,(H,22,24)/t9-/m0/s1. The summed E-state index contributed by atoms with van der Waals surface area (Å²) >= 11 is 5.74. The summed E-state index contributed by atoms with van der Waals surface area (Å²) in [7, 11) is 0. The second-order valence-electron chi connectivity index (χ2n) is 5.11. The number of hydrogen-bond acceptors (Lipinski definition) is 4. The number of benzene rings is 2. The molecule has 1 N–H and O–H groups in total. The van der Waals surface area contributed by atoms with Gasteiger partial charge in [-0.15, -0.1) is 0 Å². The Morgan fingerprint density at radius 1 is 1.12 bits per heavy atom. The molecule has 0 saturated carbocycles. The van der Waals surface area contributed by atoms with Crippen LogP contribution in [0.1, 0.15) is 6.92 Å². The van der Waals surface area contributed by atoms with E-state index < -0.39 is 42.0 Å². The predicted molar refractivity (Wildman–Crippen MR) is 87.4 cm³/mol. The highest BCUT2D eigenvalue weighted by molar-refractivity contribution is 6.32. The SMILES string of the molecule is C[C@H](OC(=O)COc1ccc(F)cc1Cl)C(=O)Nc1cc(F)ccc1F. The summed E-state index contributed by atoms with van der Waals surface area (Å²) in [4.78, 5) is 23.6. The largest absolute Gasteiger partial charge is 0.480 e. The van der Waals surface area contributed by atoms with Crippen LogP contribution in [0.15, 0.2) is 36.4 Å². The van der Waals surface area contributed by atoms with E-state index in [0.29, 0.717) is 0 Å². The summed E-state index contributed by atoms with van der Waals surface area (Å²) in [5, 5.41) is 2.07. The lowest BCUT2D eigenvalue weighted by Crippen LogP contribution is -2.32. The summed E-state index contributed by atoms with van der Waals surface area (Å²) in [6.07, 6.45) is -1.29. The maximum Gasteiger partial charge on any atom is 0.344 e. The Morgan fingerprint density at radius 3 is 2.46 bits per heavy atom. The lowest BCUT2D eigenvalue weighted by Gasteiger charge is -2.14. The second-order valence-corrected chi connectivity index (χ2v) is 5.52. The van der Waals surface area contributed by atoms with Crippen molar-refractivity contribution in [3.8, 4) is 5.75 Å². The summed E-state index contributed by atoms with van der Waals surface area (Å²) in [5.41, 5.74) is -0.382. The van der Waals surface area contributed by atoms with Crippen LogP contribution in [-0.2, 0) is 14.3 Å². The Morgan fingerprint density at radius 2 is 1.77 bits per heavy atom. The lowest BCUT2D eigenvalue weighted by molar-refractivity contribution is -0.155. The molecule has 0 aliphatic carbocycles. The molecule has 5 nitrogen and oxygen atoms in total. The van der Waals surface area contributed by atoms with Crippen LogP contribution < -0.4 is 10.1 Å². The van der Waals surface area contributed by atoms with Crippen LogP contribution in [0.5, 0.6) is 5.75 Å². The van der Waals surface area contributed by atoms with Crippen molar-refractivity contribution in [3.05, 3.63) is 58.9 Å². The van der Waals surface area contributed by atoms with Crippen LogP contribution in [-0.4, -0.2) is 24.6 Å². The van der Waals surface area contributed by atoms with E-state index in [1.807, 2.05) is 0 Å². The molecule has 0 aliphatic heterocycles. The Bertz CT molecular complexity index is 832. The van der Waals surface area contributed by atoms with E-state index in [9.17, 15) is 22.8 Å². The van der Waals surface area contributed by atoms with E-state index in [1.165, 1.54) is 13.0 Å². The molecule has 0 aliphatic rings. The van der Waals surface area contributed by atoms with E-state index in [4.69, 9.17) is 21.1 Å². The molecular formula is C17H13ClF3NO4. The molecule has 9 heteroatoms. The van der Waals surface area contributed by atoms with Gasteiger partial charge in [0.05, 0.1) is 10.7 Å². The molecular weight excluding hydrogens is 375 g/mol. The van der Waals surface area contributed by atoms with Gasteiger partial charge in [0.2, 0.25) is 0 Å². The molecule has 0 radical (unpaired) electrons. The Kier molecular flexibility index (Phi) is 6.46. The lowest BCUT2D eigenvalue weighted by atomic mass is 10.2. The average Bonchev–Trinajstić information content (AvgIpc) is 2.57. The van der Waals surface area contributed by atoms with E-state index in [1.54, 1.807) is 0 Å². The van der Waals surface area contributed by atoms with Crippen molar-refractivity contribution in [2.45, 2.75) is 13.0 Å². The quantitative estimate of drug-likeness (QED) is 0.767. The predicted octanol–water partition coefficient (Wildman–Crippen LogP) is 3.71. The van der Waals surface area contributed by atoms with Gasteiger partial charge in [-0.3, -0.25) is 4.79 Å². The number of rotatable bonds is 6. The molecule has 138 valence electrons. The molecule has 26 heavy (non-hydrogen) atoms. The van der Waals surface area contributed by atoms with Gasteiger partial charge < -0.3 is 14.8 Å². The Labute approximate surface area is 151 Å². The van der Waals surface area contributed by atoms with E-state index in [0.717, 1.165) is 30.3 Å². The summed E-state index contributed by atoms with van der Waals surface area (Å²) < 4.78 is 49.4. The molecule has 0 bridgehead atoms. The van der Waals surface area contributed by atoms with Gasteiger partial charge in [-0.1, -0.05) is 11.6 Å². The van der Waals surface area contributed by atoms with Crippen LogP contribution in [0.2, 0.25) is 5.02 Å². The number of esters is 1. The van der Waals surface area contributed by atoms with Gasteiger partial charge in [-0.25, -0.2) is 18.0 Å². The highest BCUT2D eigenvalue weighted by atomic mass is 35.5. The minimum atomic E-state index is -1.29. The van der Waals surface area contributed by atoms with E-state index >= 15 is 0 Å². The minimum Gasteiger partial charge on any atom is -0.480 e. The molecule has 1 atom stereocenters. The van der Waals surface area contributed by atoms with Crippen molar-refractivity contribution < 1.29 is 32.2 Å². The molecule has 2 rings (SSSR count). The van der Waals surface area contributed by atoms with Gasteiger partial charge in [-0.05, 0) is 37.3 Å². The van der Waals surface area contributed by atoms with Crippen molar-refractivity contribution >= 4 is 29.2 Å². The highest BCUT2D eigenvalue weighted by Gasteiger charge is 2.20. The average molecular weight is 388 g/mol. The third-order valence-corrected chi connectivity index (χ3v) is 3.40. The van der Waals surface area contributed by atoms with Gasteiger partial charge in [-0.2, -0.15) is 0 Å². The number of nitrogens with one attached hydrogen (secondary N) is 1. The van der Waals surface area contributed by atoms with Gasteiger partial charge in [0.1, 0.15) is 23.2 Å². The second kappa shape index (κ2) is 8.57. The van der Waals surface area contributed by atoms with Gasteiger partial charge in [0.25, 0.3) is 5.91 Å². The van der Waals surface area contributed by atoms with Crippen molar-refractivity contribution in [2.75, 3.05) is 11.9 Å². The van der Waals surface area contributed by atoms with Crippen molar-refractivity contribution in [3.63, 3.8) is 0 Å². The molecule has 0 unspecified atom stereocenters. The van der Waals surface area contributed by atoms with Gasteiger partial charge in [0, 0.05) is 6.07 Å². The number of carbonyl (C=O) groups is 2. The summed E-state index contributed by atoms with van der Waals surface area (Å²) in [6.45, 7) is 0.659. The third-order valence-electron chi connectivity index (χ3n) is 3.10. The van der Waals surface area contributed by atoms with Crippen molar-refractivity contribution in [1.82, 2.24) is 0 Å². The first kappa shape index (κ1) is 19.6. The number of amides is 1. The van der Waals surface area contributed by atoms with Crippen molar-refractivity contribution in [1.29, 1.82) is 0 Å². The van der Waals surface area contributed by atoms with Crippen LogP contribution in [0.3, 0.4) is 0 Å². The normalized spacial score (nSPS) is 11.6. The number of hydrogen-bond donors (Lipinski definition) is 1. The molecule has 1 amide bonds. The fraction of sp³-hybridized carbons (Fsp3) is 0.176. The monoisotopic (exact) mass is 387 g/mol. The summed E-state index contributed by atoms with van der Waals surface area (Å²) in [5.74, 6) is -3.86. The smallest absolute Gasteiger partial charge is 0.344 e. The fourth-order valence-corrected chi connectivity index (χ4v) is 2.06. The zero-order chi connectivity index (χ0) is 19.3. The van der Waals surface area contributed by atoms with Crippen LogP contribution in [0, 0.1) is 17.5 Å². The van der Waals surface area contributed by atoms with E-state index in [-0.39, 0.29) is 16.5 Å². The number of halogens is 4. The molecule has 2 aromatic carbocycles. The fourth-order valence-electron chi connectivity index (χ4n) is 1.84. The number of ether oxygens (including phenoxy) is 2. The summed E-state index contributed by atoms with van der Waals surface area (Å²) in [6, 6.07) is 5.87. The molecule has 0 heterocycles. The first-order valence-electron chi connectivity index (χ1n) is 7.29. The van der Waals surface area contributed by atoms with E-state index in [2.05, 4.69) is 5.32 Å². The minimum absolute atomic E-state index is 0.0369. The third kappa shape index (κ3) is 5.38. The highest BCUT2D eigenvalue weighted by Crippen LogP contribution is 2.24. The first-order chi connectivity index (χ1) is 12.3. The maximum absolute atomic E-state index is 13.5. The van der Waals surface area contributed by atoms with Crippen molar-refractivity contribution in [2.24, 2.45) is 0 Å². The maximum atomic E-state index is 13.5. The van der Waals surface area contributed by atoms with Crippen LogP contribution >= 0.6 is 11.6 Å². The number of carbonyl (C=O) groups excluding carboxylic acids is 2. The van der Waals surface area contributed by atoms with Gasteiger partial charge >= 0.3 is 5.97 Å². The molecule has 0 fully saturated rings. The Hall–Kier alpha value is -2.74. The van der Waals surface area contributed by atoms with Crippen LogP contribution in [0.25, 0.3) is 0 Å². The van der Waals surface area contributed by atoms with Crippen LogP contribution in [0.4, 0.5) is 18.9 Å². The molecule has 2 aromatic rings. The Balaban J connectivity index is 1.87. The van der Waals surface area contributed by atoms with Gasteiger partial charge in [0.15, 0.2) is 12.7 Å². The molecule has 0 saturated heterocycles. The number of anilines is 1. The topological polar surface area (TPSA) is 64.6 Å². The molecule has 0 aromatic heterocycles. The zero-order valence-corrected chi connectivity index (χ0v) is 14.1. The zero-order valence-electron chi connectivity index (χ0n) is 13.4. The molecule has 0 spiro atoms. The first-order valence-corrected chi connectivity index (χ1v) is 7.67.